The van der Waals surface area contributed by atoms with Gasteiger partial charge >= 0.3 is 0 Å². The first-order valence-corrected chi connectivity index (χ1v) is 4.35. The molecule has 0 unspecified atom stereocenters. The Bertz CT molecular complexity index is 61.5. The first-order chi connectivity index (χ1) is 3.93. The van der Waals surface area contributed by atoms with Crippen LogP contribution in [0.25, 0.3) is 0 Å². The van der Waals surface area contributed by atoms with Gasteiger partial charge in [-0.15, -0.1) is 0 Å². The maximum Gasteiger partial charge on any atom is 0.0157 e. The summed E-state index contributed by atoms with van der Waals surface area (Å²) in [6.07, 6.45) is 4.22. The van der Waals surface area contributed by atoms with Crippen LogP contribution in [-0.4, -0.2) is 17.9 Å². The van der Waals surface area contributed by atoms with Gasteiger partial charge in [0.1, 0.15) is 0 Å². The smallest absolute Gasteiger partial charge is 0.0157 e. The molecule has 0 aliphatic heterocycles. The Morgan fingerprint density at radius 2 is 2.25 bits per heavy atom. The summed E-state index contributed by atoms with van der Waals surface area (Å²) in [4.78, 5) is 0. The van der Waals surface area contributed by atoms with E-state index in [0.717, 1.165) is 17.9 Å². The molecule has 0 heterocycles. The average Bonchev–Trinajstić information content (AvgIpc) is 1.63. The van der Waals surface area contributed by atoms with E-state index >= 15 is 0 Å². The van der Waals surface area contributed by atoms with E-state index in [1.807, 2.05) is 0 Å². The Morgan fingerprint density at radius 3 is 2.62 bits per heavy atom. The molecule has 0 saturated heterocycles. The minimum atomic E-state index is 0.854. The van der Waals surface area contributed by atoms with Crippen molar-refractivity contribution in [2.75, 3.05) is 11.9 Å². The van der Waals surface area contributed by atoms with Crippen molar-refractivity contribution in [1.82, 2.24) is 5.32 Å². The van der Waals surface area contributed by atoms with Crippen LogP contribution in [0, 0.1) is 0 Å². The van der Waals surface area contributed by atoms with Crippen molar-refractivity contribution >= 4 is 15.9 Å². The molecule has 0 aromatic carbocycles. The van der Waals surface area contributed by atoms with Gasteiger partial charge in [0.05, 0.1) is 0 Å². The topological polar surface area (TPSA) is 12.0 Å². The van der Waals surface area contributed by atoms with E-state index in [2.05, 4.69) is 21.2 Å². The molecule has 1 rings (SSSR count). The van der Waals surface area contributed by atoms with Gasteiger partial charge in [-0.1, -0.05) is 22.4 Å². The molecule has 48 valence electrons. The molecule has 2 heteroatoms. The molecule has 1 nitrogen and oxygen atoms in total. The summed E-state index contributed by atoms with van der Waals surface area (Å²) < 4.78 is 0. The van der Waals surface area contributed by atoms with Gasteiger partial charge in [0.2, 0.25) is 0 Å². The summed E-state index contributed by atoms with van der Waals surface area (Å²) in [5.74, 6) is 0. The zero-order chi connectivity index (χ0) is 5.82. The summed E-state index contributed by atoms with van der Waals surface area (Å²) in [5.41, 5.74) is 0. The summed E-state index contributed by atoms with van der Waals surface area (Å²) >= 11 is 3.37. The maximum atomic E-state index is 3.42. The van der Waals surface area contributed by atoms with Crippen molar-refractivity contribution in [2.24, 2.45) is 0 Å². The molecule has 1 aliphatic rings. The third kappa shape index (κ3) is 1.75. The zero-order valence-electron chi connectivity index (χ0n) is 4.99. The molecule has 0 amide bonds. The van der Waals surface area contributed by atoms with Crippen LogP contribution in [0.4, 0.5) is 0 Å². The number of nitrogens with one attached hydrogen (secondary N) is 1. The third-order valence-electron chi connectivity index (χ3n) is 1.63. The Hall–Kier alpha value is 0.440. The molecule has 0 aromatic heterocycles. The second-order valence-electron chi connectivity index (χ2n) is 2.27. The van der Waals surface area contributed by atoms with Crippen molar-refractivity contribution in [3.05, 3.63) is 0 Å². The van der Waals surface area contributed by atoms with Crippen molar-refractivity contribution in [2.45, 2.75) is 25.3 Å². The summed E-state index contributed by atoms with van der Waals surface area (Å²) in [6, 6.07) is 0.854. The molecule has 1 aliphatic carbocycles. The van der Waals surface area contributed by atoms with Crippen LogP contribution in [0.2, 0.25) is 0 Å². The quantitative estimate of drug-likeness (QED) is 0.646. The fourth-order valence-corrected chi connectivity index (χ4v) is 1.10. The van der Waals surface area contributed by atoms with E-state index in [9.17, 15) is 0 Å². The number of rotatable bonds is 3. The Morgan fingerprint density at radius 1 is 1.50 bits per heavy atom. The highest BCUT2D eigenvalue weighted by Crippen LogP contribution is 2.17. The lowest BCUT2D eigenvalue weighted by atomic mass is 9.93. The molecule has 0 atom stereocenters. The van der Waals surface area contributed by atoms with Crippen molar-refractivity contribution in [3.8, 4) is 0 Å². The normalized spacial score (nSPS) is 20.6. The van der Waals surface area contributed by atoms with Gasteiger partial charge in [-0.2, -0.15) is 0 Å². The number of alkyl halides is 1. The number of hydrogen-bond acceptors (Lipinski definition) is 1. The molecule has 0 radical (unpaired) electrons. The highest BCUT2D eigenvalue weighted by Gasteiger charge is 2.14. The van der Waals surface area contributed by atoms with E-state index < -0.39 is 0 Å². The van der Waals surface area contributed by atoms with Crippen LogP contribution in [0.1, 0.15) is 19.3 Å². The lowest BCUT2D eigenvalue weighted by Crippen LogP contribution is -2.36. The molecule has 1 N–H and O–H groups in total. The van der Waals surface area contributed by atoms with Gasteiger partial charge in [0, 0.05) is 17.9 Å². The largest absolute Gasteiger partial charge is 0.313 e. The first kappa shape index (κ1) is 6.56. The molecule has 0 aromatic rings. The van der Waals surface area contributed by atoms with Gasteiger partial charge in [0.25, 0.3) is 0 Å². The average molecular weight is 178 g/mol. The fraction of sp³-hybridized carbons (Fsp3) is 1.00. The maximum absolute atomic E-state index is 3.42. The number of halogens is 1. The predicted molar refractivity (Wildman–Crippen MR) is 39.4 cm³/mol. The minimum Gasteiger partial charge on any atom is -0.313 e. The van der Waals surface area contributed by atoms with Crippen molar-refractivity contribution in [1.29, 1.82) is 0 Å². The van der Waals surface area contributed by atoms with Crippen LogP contribution in [0.15, 0.2) is 0 Å². The molecule has 8 heavy (non-hydrogen) atoms. The standard InChI is InChI=1S/C6H12BrN/c7-4-5-8-6-2-1-3-6/h6,8H,1-5H2. The lowest BCUT2D eigenvalue weighted by molar-refractivity contribution is 0.347. The molecule has 0 spiro atoms. The zero-order valence-corrected chi connectivity index (χ0v) is 6.58. The second kappa shape index (κ2) is 3.46. The van der Waals surface area contributed by atoms with E-state index in [0.29, 0.717) is 0 Å². The van der Waals surface area contributed by atoms with Crippen LogP contribution in [-0.2, 0) is 0 Å². The lowest BCUT2D eigenvalue weighted by Gasteiger charge is -2.25. The van der Waals surface area contributed by atoms with Gasteiger partial charge in [-0.25, -0.2) is 0 Å². The van der Waals surface area contributed by atoms with Crippen LogP contribution >= 0.6 is 15.9 Å². The van der Waals surface area contributed by atoms with Gasteiger partial charge in [-0.3, -0.25) is 0 Å². The van der Waals surface area contributed by atoms with Gasteiger partial charge in [-0.05, 0) is 12.8 Å². The monoisotopic (exact) mass is 177 g/mol. The molecular weight excluding hydrogens is 166 g/mol. The minimum absolute atomic E-state index is 0.854. The Balaban J connectivity index is 1.86. The fourth-order valence-electron chi connectivity index (χ4n) is 0.871. The predicted octanol–water partition coefficient (Wildman–Crippen LogP) is 1.52. The van der Waals surface area contributed by atoms with Crippen molar-refractivity contribution < 1.29 is 0 Å². The van der Waals surface area contributed by atoms with E-state index in [4.69, 9.17) is 0 Å². The molecular formula is C6H12BrN. The summed E-state index contributed by atoms with van der Waals surface area (Å²) in [7, 11) is 0. The van der Waals surface area contributed by atoms with Gasteiger partial charge in [0.15, 0.2) is 0 Å². The molecule has 1 saturated carbocycles. The van der Waals surface area contributed by atoms with E-state index in [1.54, 1.807) is 0 Å². The highest BCUT2D eigenvalue weighted by molar-refractivity contribution is 9.09. The summed E-state index contributed by atoms with van der Waals surface area (Å²) in [5, 5.41) is 4.51. The highest BCUT2D eigenvalue weighted by atomic mass is 79.9. The molecule has 0 bridgehead atoms. The van der Waals surface area contributed by atoms with E-state index in [1.165, 1.54) is 19.3 Å². The third-order valence-corrected chi connectivity index (χ3v) is 2.03. The van der Waals surface area contributed by atoms with Gasteiger partial charge < -0.3 is 5.32 Å². The van der Waals surface area contributed by atoms with Crippen molar-refractivity contribution in [3.63, 3.8) is 0 Å². The Labute approximate surface area is 59.0 Å². The first-order valence-electron chi connectivity index (χ1n) is 3.23. The van der Waals surface area contributed by atoms with Crippen LogP contribution in [0.5, 0.6) is 0 Å². The second-order valence-corrected chi connectivity index (χ2v) is 3.06. The Kier molecular flexibility index (Phi) is 2.84. The number of hydrogen-bond donors (Lipinski definition) is 1. The SMILES string of the molecule is BrCCNC1CCC1. The van der Waals surface area contributed by atoms with Crippen LogP contribution in [0.3, 0.4) is 0 Å². The van der Waals surface area contributed by atoms with E-state index in [-0.39, 0.29) is 0 Å². The molecule has 1 fully saturated rings. The summed E-state index contributed by atoms with van der Waals surface area (Å²) in [6.45, 7) is 1.13. The van der Waals surface area contributed by atoms with Crippen LogP contribution < -0.4 is 5.32 Å².